The van der Waals surface area contributed by atoms with E-state index in [2.05, 4.69) is 21.2 Å². The van der Waals surface area contributed by atoms with Gasteiger partial charge in [0.05, 0.1) is 9.40 Å². The van der Waals surface area contributed by atoms with Crippen LogP contribution in [0, 0.1) is 10.1 Å². The third-order valence-corrected chi connectivity index (χ3v) is 2.54. The number of likely N-dealkylation sites (N-methyl/N-ethyl adjacent to an activating group) is 1. The second kappa shape index (κ2) is 5.07. The number of nitrogens with one attached hydrogen (secondary N) is 1. The lowest BCUT2D eigenvalue weighted by Gasteiger charge is -2.01. The van der Waals surface area contributed by atoms with Gasteiger partial charge in [-0.2, -0.15) is 0 Å². The van der Waals surface area contributed by atoms with Crippen molar-refractivity contribution >= 4 is 21.6 Å². The van der Waals surface area contributed by atoms with Crippen LogP contribution in [-0.4, -0.2) is 18.5 Å². The van der Waals surface area contributed by atoms with E-state index in [1.807, 2.05) is 13.1 Å². The Morgan fingerprint density at radius 2 is 2.29 bits per heavy atom. The monoisotopic (exact) mass is 258 g/mol. The summed E-state index contributed by atoms with van der Waals surface area (Å²) in [6.07, 6.45) is 0.796. The highest BCUT2D eigenvalue weighted by Gasteiger charge is 2.11. The quantitative estimate of drug-likeness (QED) is 0.665. The Labute approximate surface area is 90.6 Å². The molecule has 0 aliphatic rings. The molecule has 14 heavy (non-hydrogen) atoms. The van der Waals surface area contributed by atoms with E-state index in [4.69, 9.17) is 0 Å². The molecule has 4 nitrogen and oxygen atoms in total. The van der Waals surface area contributed by atoms with E-state index >= 15 is 0 Å². The van der Waals surface area contributed by atoms with Crippen molar-refractivity contribution in [2.24, 2.45) is 0 Å². The van der Waals surface area contributed by atoms with Crippen LogP contribution >= 0.6 is 15.9 Å². The van der Waals surface area contributed by atoms with Crippen molar-refractivity contribution in [3.63, 3.8) is 0 Å². The van der Waals surface area contributed by atoms with Crippen LogP contribution in [0.2, 0.25) is 0 Å². The van der Waals surface area contributed by atoms with Crippen LogP contribution in [0.1, 0.15) is 5.56 Å². The maximum atomic E-state index is 10.6. The van der Waals surface area contributed by atoms with Crippen LogP contribution in [0.5, 0.6) is 0 Å². The standard InChI is InChI=1S/C9H11BrN2O2/c1-11-5-4-7-2-3-8(10)9(6-7)12(13)14/h2-3,6,11H,4-5H2,1H3. The summed E-state index contributed by atoms with van der Waals surface area (Å²) < 4.78 is 0.524. The van der Waals surface area contributed by atoms with Crippen molar-refractivity contribution in [1.82, 2.24) is 5.32 Å². The largest absolute Gasteiger partial charge is 0.319 e. The Kier molecular flexibility index (Phi) is 4.03. The average Bonchev–Trinajstić information content (AvgIpc) is 2.16. The van der Waals surface area contributed by atoms with Gasteiger partial charge in [-0.25, -0.2) is 0 Å². The first-order chi connectivity index (χ1) is 6.65. The minimum atomic E-state index is -0.382. The predicted octanol–water partition coefficient (Wildman–Crippen LogP) is 2.12. The molecular formula is C9H11BrN2O2. The third-order valence-electron chi connectivity index (χ3n) is 1.87. The molecule has 1 N–H and O–H groups in total. The van der Waals surface area contributed by atoms with Crippen LogP contribution in [0.4, 0.5) is 5.69 Å². The first-order valence-corrected chi connectivity index (χ1v) is 5.02. The van der Waals surface area contributed by atoms with E-state index in [9.17, 15) is 10.1 Å². The maximum Gasteiger partial charge on any atom is 0.283 e. The normalized spacial score (nSPS) is 10.1. The van der Waals surface area contributed by atoms with Gasteiger partial charge in [-0.05, 0) is 47.6 Å². The van der Waals surface area contributed by atoms with Crippen LogP contribution in [0.15, 0.2) is 22.7 Å². The topological polar surface area (TPSA) is 55.2 Å². The summed E-state index contributed by atoms with van der Waals surface area (Å²) >= 11 is 3.14. The van der Waals surface area contributed by atoms with Crippen molar-refractivity contribution in [1.29, 1.82) is 0 Å². The van der Waals surface area contributed by atoms with Gasteiger partial charge in [0, 0.05) is 6.07 Å². The molecule has 0 saturated heterocycles. The second-order valence-corrected chi connectivity index (χ2v) is 3.75. The molecule has 0 aliphatic carbocycles. The van der Waals surface area contributed by atoms with E-state index in [1.165, 1.54) is 0 Å². The summed E-state index contributed by atoms with van der Waals surface area (Å²) in [4.78, 5) is 10.2. The van der Waals surface area contributed by atoms with Crippen LogP contribution in [0.25, 0.3) is 0 Å². The number of nitrogens with zero attached hydrogens (tertiary/aromatic N) is 1. The van der Waals surface area contributed by atoms with Gasteiger partial charge in [0.1, 0.15) is 0 Å². The molecule has 1 rings (SSSR count). The Hall–Kier alpha value is -0.940. The SMILES string of the molecule is CNCCc1ccc(Br)c([N+](=O)[O-])c1. The molecule has 0 atom stereocenters. The number of hydrogen-bond acceptors (Lipinski definition) is 3. The zero-order valence-corrected chi connectivity index (χ0v) is 9.37. The van der Waals surface area contributed by atoms with Crippen molar-refractivity contribution in [3.8, 4) is 0 Å². The van der Waals surface area contributed by atoms with Gasteiger partial charge in [0.15, 0.2) is 0 Å². The highest BCUT2D eigenvalue weighted by atomic mass is 79.9. The molecule has 5 heteroatoms. The lowest BCUT2D eigenvalue weighted by atomic mass is 10.1. The van der Waals surface area contributed by atoms with E-state index in [0.29, 0.717) is 4.47 Å². The first kappa shape index (κ1) is 11.1. The van der Waals surface area contributed by atoms with Crippen molar-refractivity contribution in [2.75, 3.05) is 13.6 Å². The molecule has 1 aromatic carbocycles. The summed E-state index contributed by atoms with van der Waals surface area (Å²) in [5.74, 6) is 0. The summed E-state index contributed by atoms with van der Waals surface area (Å²) in [7, 11) is 1.85. The van der Waals surface area contributed by atoms with Gasteiger partial charge < -0.3 is 5.32 Å². The van der Waals surface area contributed by atoms with Crippen LogP contribution < -0.4 is 5.32 Å². The van der Waals surface area contributed by atoms with Crippen molar-refractivity contribution in [3.05, 3.63) is 38.3 Å². The molecule has 0 saturated carbocycles. The Morgan fingerprint density at radius 1 is 1.57 bits per heavy atom. The highest BCUT2D eigenvalue weighted by Crippen LogP contribution is 2.25. The summed E-state index contributed by atoms with van der Waals surface area (Å²) in [5.41, 5.74) is 1.09. The van der Waals surface area contributed by atoms with Gasteiger partial charge in [0.2, 0.25) is 0 Å². The molecule has 0 unspecified atom stereocenters. The highest BCUT2D eigenvalue weighted by molar-refractivity contribution is 9.10. The summed E-state index contributed by atoms with van der Waals surface area (Å²) in [6, 6.07) is 5.19. The summed E-state index contributed by atoms with van der Waals surface area (Å²) in [5, 5.41) is 13.6. The molecule has 0 fully saturated rings. The average molecular weight is 259 g/mol. The van der Waals surface area contributed by atoms with Crippen LogP contribution in [-0.2, 0) is 6.42 Å². The lowest BCUT2D eigenvalue weighted by Crippen LogP contribution is -2.10. The van der Waals surface area contributed by atoms with Gasteiger partial charge in [0.25, 0.3) is 5.69 Å². The number of benzene rings is 1. The van der Waals surface area contributed by atoms with Gasteiger partial charge in [-0.3, -0.25) is 10.1 Å². The molecule has 1 aromatic rings. The maximum absolute atomic E-state index is 10.6. The van der Waals surface area contributed by atoms with Crippen molar-refractivity contribution < 1.29 is 4.92 Å². The van der Waals surface area contributed by atoms with E-state index in [0.717, 1.165) is 18.5 Å². The van der Waals surface area contributed by atoms with Crippen LogP contribution in [0.3, 0.4) is 0 Å². The van der Waals surface area contributed by atoms with Gasteiger partial charge in [-0.15, -0.1) is 0 Å². The first-order valence-electron chi connectivity index (χ1n) is 4.22. The minimum absolute atomic E-state index is 0.124. The van der Waals surface area contributed by atoms with E-state index in [-0.39, 0.29) is 10.6 Å². The molecule has 0 aromatic heterocycles. The van der Waals surface area contributed by atoms with E-state index < -0.39 is 0 Å². The molecule has 0 aliphatic heterocycles. The van der Waals surface area contributed by atoms with Gasteiger partial charge in [-0.1, -0.05) is 6.07 Å². The number of nitro benzene ring substituents is 1. The molecule has 0 spiro atoms. The van der Waals surface area contributed by atoms with Gasteiger partial charge >= 0.3 is 0 Å². The molecule has 0 heterocycles. The smallest absolute Gasteiger partial charge is 0.283 e. The fourth-order valence-electron chi connectivity index (χ4n) is 1.12. The summed E-state index contributed by atoms with van der Waals surface area (Å²) in [6.45, 7) is 0.818. The number of hydrogen-bond donors (Lipinski definition) is 1. The molecule has 76 valence electrons. The Morgan fingerprint density at radius 3 is 2.86 bits per heavy atom. The zero-order chi connectivity index (χ0) is 10.6. The number of nitro groups is 1. The molecule has 0 bridgehead atoms. The Balaban J connectivity index is 2.89. The fourth-order valence-corrected chi connectivity index (χ4v) is 1.51. The number of halogens is 1. The minimum Gasteiger partial charge on any atom is -0.319 e. The second-order valence-electron chi connectivity index (χ2n) is 2.90. The molecular weight excluding hydrogens is 248 g/mol. The fraction of sp³-hybridized carbons (Fsp3) is 0.333. The molecule has 0 amide bonds. The van der Waals surface area contributed by atoms with E-state index in [1.54, 1.807) is 12.1 Å². The number of rotatable bonds is 4. The van der Waals surface area contributed by atoms with Crippen molar-refractivity contribution in [2.45, 2.75) is 6.42 Å². The molecule has 0 radical (unpaired) electrons. The predicted molar refractivity (Wildman–Crippen MR) is 58.4 cm³/mol. The lowest BCUT2D eigenvalue weighted by molar-refractivity contribution is -0.385. The Bertz CT molecular complexity index is 342. The third kappa shape index (κ3) is 2.78. The zero-order valence-electron chi connectivity index (χ0n) is 7.79.